The zero-order chi connectivity index (χ0) is 14.7. The first-order valence-electron chi connectivity index (χ1n) is 6.01. The monoisotopic (exact) mass is 316 g/mol. The van der Waals surface area contributed by atoms with Crippen LogP contribution in [0.3, 0.4) is 0 Å². The van der Waals surface area contributed by atoms with Crippen LogP contribution in [0.1, 0.15) is 0 Å². The number of nitrogens with one attached hydrogen (secondary N) is 2. The lowest BCUT2D eigenvalue weighted by Gasteiger charge is -2.34. The van der Waals surface area contributed by atoms with Crippen molar-refractivity contribution in [2.24, 2.45) is 5.73 Å². The van der Waals surface area contributed by atoms with Crippen molar-refractivity contribution in [2.75, 3.05) is 25.0 Å². The predicted molar refractivity (Wildman–Crippen MR) is 78.0 cm³/mol. The molecule has 1 atom stereocenters. The molecule has 108 valence electrons. The number of piperazine rings is 1. The van der Waals surface area contributed by atoms with Crippen molar-refractivity contribution >= 4 is 40.8 Å². The van der Waals surface area contributed by atoms with E-state index in [2.05, 4.69) is 10.6 Å². The van der Waals surface area contributed by atoms with Crippen molar-refractivity contribution in [1.29, 1.82) is 0 Å². The molecule has 0 aliphatic carbocycles. The average molecular weight is 317 g/mol. The fourth-order valence-corrected chi connectivity index (χ4v) is 2.32. The van der Waals surface area contributed by atoms with Crippen molar-refractivity contribution < 1.29 is 9.59 Å². The average Bonchev–Trinajstić information content (AvgIpc) is 2.42. The lowest BCUT2D eigenvalue weighted by Crippen LogP contribution is -2.59. The first-order chi connectivity index (χ1) is 9.49. The molecule has 1 aliphatic rings. The van der Waals surface area contributed by atoms with Gasteiger partial charge in [0.1, 0.15) is 6.04 Å². The number of urea groups is 1. The Labute approximate surface area is 126 Å². The molecule has 3 amide bonds. The molecule has 8 heteroatoms. The summed E-state index contributed by atoms with van der Waals surface area (Å²) < 4.78 is 0. The molecule has 1 saturated heterocycles. The minimum atomic E-state index is -0.679. The largest absolute Gasteiger partial charge is 0.368 e. The molecule has 0 spiro atoms. The number of rotatable bonds is 2. The highest BCUT2D eigenvalue weighted by Crippen LogP contribution is 2.25. The molecule has 1 heterocycles. The smallest absolute Gasteiger partial charge is 0.322 e. The summed E-state index contributed by atoms with van der Waals surface area (Å²) in [5.41, 5.74) is 5.69. The molecule has 6 nitrogen and oxygen atoms in total. The van der Waals surface area contributed by atoms with Gasteiger partial charge in [-0.05, 0) is 18.2 Å². The van der Waals surface area contributed by atoms with Crippen LogP contribution in [0.15, 0.2) is 18.2 Å². The molecule has 1 fully saturated rings. The van der Waals surface area contributed by atoms with Crippen LogP contribution in [0, 0.1) is 0 Å². The summed E-state index contributed by atoms with van der Waals surface area (Å²) in [5, 5.41) is 6.48. The van der Waals surface area contributed by atoms with E-state index in [9.17, 15) is 9.59 Å². The van der Waals surface area contributed by atoms with E-state index in [4.69, 9.17) is 28.9 Å². The Balaban J connectivity index is 2.14. The van der Waals surface area contributed by atoms with E-state index in [1.807, 2.05) is 0 Å². The summed E-state index contributed by atoms with van der Waals surface area (Å²) in [4.78, 5) is 25.0. The van der Waals surface area contributed by atoms with Crippen LogP contribution in [-0.4, -0.2) is 42.5 Å². The van der Waals surface area contributed by atoms with Gasteiger partial charge in [0.2, 0.25) is 5.91 Å². The van der Waals surface area contributed by atoms with E-state index in [1.165, 1.54) is 4.90 Å². The Morgan fingerprint density at radius 2 is 2.15 bits per heavy atom. The first-order valence-corrected chi connectivity index (χ1v) is 6.77. The van der Waals surface area contributed by atoms with Gasteiger partial charge in [-0.15, -0.1) is 0 Å². The predicted octanol–water partition coefficient (Wildman–Crippen LogP) is 1.28. The maximum absolute atomic E-state index is 12.2. The Morgan fingerprint density at radius 1 is 1.40 bits per heavy atom. The van der Waals surface area contributed by atoms with Crippen LogP contribution >= 0.6 is 23.2 Å². The number of nitrogens with two attached hydrogens (primary N) is 1. The number of hydrogen-bond donors (Lipinski definition) is 3. The number of hydrogen-bond acceptors (Lipinski definition) is 3. The standard InChI is InChI=1S/C12H14Cl2N4O2/c13-7-1-2-8(14)9(5-7)17-12(20)18-4-3-16-6-10(18)11(15)19/h1-2,5,10,16H,3-4,6H2,(H2,15,19)(H,17,20). The van der Waals surface area contributed by atoms with E-state index in [0.29, 0.717) is 35.4 Å². The van der Waals surface area contributed by atoms with Crippen LogP contribution in [0.2, 0.25) is 10.0 Å². The number of anilines is 1. The van der Waals surface area contributed by atoms with E-state index >= 15 is 0 Å². The Morgan fingerprint density at radius 3 is 2.85 bits per heavy atom. The summed E-state index contributed by atoms with van der Waals surface area (Å²) in [6.07, 6.45) is 0. The normalized spacial score (nSPS) is 18.7. The molecule has 2 rings (SSSR count). The zero-order valence-corrected chi connectivity index (χ0v) is 12.0. The van der Waals surface area contributed by atoms with Crippen molar-refractivity contribution in [1.82, 2.24) is 10.2 Å². The van der Waals surface area contributed by atoms with Gasteiger partial charge in [0.25, 0.3) is 0 Å². The minimum Gasteiger partial charge on any atom is -0.368 e. The highest BCUT2D eigenvalue weighted by atomic mass is 35.5. The van der Waals surface area contributed by atoms with Gasteiger partial charge >= 0.3 is 6.03 Å². The lowest BCUT2D eigenvalue weighted by atomic mass is 10.2. The second-order valence-corrected chi connectivity index (χ2v) is 5.21. The molecule has 1 aliphatic heterocycles. The number of carbonyl (C=O) groups excluding carboxylic acids is 2. The second-order valence-electron chi connectivity index (χ2n) is 4.37. The molecule has 0 radical (unpaired) electrons. The SMILES string of the molecule is NC(=O)C1CNCCN1C(=O)Nc1cc(Cl)ccc1Cl. The molecular formula is C12H14Cl2N4O2. The topological polar surface area (TPSA) is 87.5 Å². The van der Waals surface area contributed by atoms with Gasteiger partial charge in [-0.3, -0.25) is 4.79 Å². The van der Waals surface area contributed by atoms with Crippen molar-refractivity contribution in [2.45, 2.75) is 6.04 Å². The number of amides is 3. The molecule has 0 saturated carbocycles. The molecule has 1 unspecified atom stereocenters. The third-order valence-corrected chi connectivity index (χ3v) is 3.57. The maximum Gasteiger partial charge on any atom is 0.322 e. The Kier molecular flexibility index (Phi) is 4.69. The van der Waals surface area contributed by atoms with Crippen molar-refractivity contribution in [3.8, 4) is 0 Å². The molecule has 1 aromatic rings. The van der Waals surface area contributed by atoms with Gasteiger partial charge in [0.15, 0.2) is 0 Å². The molecule has 1 aromatic carbocycles. The number of halogens is 2. The Bertz CT molecular complexity index is 538. The quantitative estimate of drug-likeness (QED) is 0.768. The summed E-state index contributed by atoms with van der Waals surface area (Å²) in [7, 11) is 0. The highest BCUT2D eigenvalue weighted by Gasteiger charge is 2.30. The molecule has 0 aromatic heterocycles. The third-order valence-electron chi connectivity index (χ3n) is 3.00. The highest BCUT2D eigenvalue weighted by molar-refractivity contribution is 6.35. The van der Waals surface area contributed by atoms with E-state index < -0.39 is 18.0 Å². The van der Waals surface area contributed by atoms with Crippen LogP contribution in [0.25, 0.3) is 0 Å². The maximum atomic E-state index is 12.2. The molecule has 0 bridgehead atoms. The third kappa shape index (κ3) is 3.33. The Hall–Kier alpha value is -1.50. The molecular weight excluding hydrogens is 303 g/mol. The minimum absolute atomic E-state index is 0.339. The molecule has 20 heavy (non-hydrogen) atoms. The summed E-state index contributed by atoms with van der Waals surface area (Å²) in [5.74, 6) is -0.551. The summed E-state index contributed by atoms with van der Waals surface area (Å²) in [6, 6.07) is 3.64. The summed E-state index contributed by atoms with van der Waals surface area (Å²) >= 11 is 11.8. The van der Waals surface area contributed by atoms with Crippen molar-refractivity contribution in [3.05, 3.63) is 28.2 Å². The van der Waals surface area contributed by atoms with E-state index in [1.54, 1.807) is 18.2 Å². The van der Waals surface area contributed by atoms with Crippen LogP contribution in [0.4, 0.5) is 10.5 Å². The van der Waals surface area contributed by atoms with E-state index in [0.717, 1.165) is 0 Å². The van der Waals surface area contributed by atoms with Gasteiger partial charge in [0, 0.05) is 24.7 Å². The van der Waals surface area contributed by atoms with Gasteiger partial charge in [0.05, 0.1) is 10.7 Å². The zero-order valence-electron chi connectivity index (χ0n) is 10.5. The van der Waals surface area contributed by atoms with Gasteiger partial charge in [-0.25, -0.2) is 4.79 Å². The molecule has 4 N–H and O–H groups in total. The van der Waals surface area contributed by atoms with Gasteiger partial charge in [-0.2, -0.15) is 0 Å². The number of primary amides is 1. The van der Waals surface area contributed by atoms with Crippen LogP contribution in [0.5, 0.6) is 0 Å². The van der Waals surface area contributed by atoms with Crippen LogP contribution in [-0.2, 0) is 4.79 Å². The number of carbonyl (C=O) groups is 2. The number of nitrogens with zero attached hydrogens (tertiary/aromatic N) is 1. The van der Waals surface area contributed by atoms with Crippen LogP contribution < -0.4 is 16.4 Å². The van der Waals surface area contributed by atoms with E-state index in [-0.39, 0.29) is 0 Å². The van der Waals surface area contributed by atoms with Gasteiger partial charge < -0.3 is 21.3 Å². The second kappa shape index (κ2) is 6.30. The van der Waals surface area contributed by atoms with Crippen molar-refractivity contribution in [3.63, 3.8) is 0 Å². The van der Waals surface area contributed by atoms with Gasteiger partial charge in [-0.1, -0.05) is 23.2 Å². The number of benzene rings is 1. The summed E-state index contributed by atoms with van der Waals surface area (Å²) in [6.45, 7) is 1.32. The first kappa shape index (κ1) is 14.9. The fraction of sp³-hybridized carbons (Fsp3) is 0.333. The fourth-order valence-electron chi connectivity index (χ4n) is 1.98. The lowest BCUT2D eigenvalue weighted by molar-refractivity contribution is -0.122.